The Morgan fingerprint density at radius 1 is 1.22 bits per heavy atom. The molecule has 2 aromatic rings. The molecular formula is C15H14N2O5S. The van der Waals surface area contributed by atoms with Crippen LogP contribution in [0.2, 0.25) is 0 Å². The van der Waals surface area contributed by atoms with E-state index in [1.807, 2.05) is 4.72 Å². The van der Waals surface area contributed by atoms with Gasteiger partial charge in [-0.15, -0.1) is 0 Å². The molecule has 0 fully saturated rings. The van der Waals surface area contributed by atoms with Crippen molar-refractivity contribution in [3.63, 3.8) is 0 Å². The number of hydrogen-bond donors (Lipinski definition) is 3. The minimum absolute atomic E-state index is 0.0124. The number of H-pyrrole nitrogens is 1. The van der Waals surface area contributed by atoms with Crippen molar-refractivity contribution in [1.82, 2.24) is 4.98 Å². The maximum absolute atomic E-state index is 12.2. The number of anilines is 1. The van der Waals surface area contributed by atoms with Crippen LogP contribution in [0, 0.1) is 0 Å². The highest BCUT2D eigenvalue weighted by molar-refractivity contribution is 7.91. The van der Waals surface area contributed by atoms with Gasteiger partial charge in [0.15, 0.2) is 0 Å². The van der Waals surface area contributed by atoms with Gasteiger partial charge < -0.3 is 10.1 Å². The van der Waals surface area contributed by atoms with Crippen LogP contribution in [0.3, 0.4) is 0 Å². The maximum Gasteiger partial charge on any atom is 0.338 e. The van der Waals surface area contributed by atoms with Gasteiger partial charge in [0.2, 0.25) is 10.0 Å². The van der Waals surface area contributed by atoms with Crippen LogP contribution in [0.15, 0.2) is 35.1 Å². The molecule has 7 nitrogen and oxygen atoms in total. The monoisotopic (exact) mass is 334 g/mol. The van der Waals surface area contributed by atoms with E-state index in [4.69, 9.17) is 0 Å². The SMILES string of the molecule is C=c1[nH]c(=O)c(NS(=O)(=O)Cc2ccccc2)c(C(=O)O)c1=C. The number of benzene rings is 1. The zero-order chi connectivity index (χ0) is 17.2. The fraction of sp³-hybridized carbons (Fsp3) is 0.0667. The van der Waals surface area contributed by atoms with Crippen LogP contribution in [-0.4, -0.2) is 24.5 Å². The summed E-state index contributed by atoms with van der Waals surface area (Å²) in [5.74, 6) is -1.87. The number of sulfonamides is 1. The summed E-state index contributed by atoms with van der Waals surface area (Å²) in [5.41, 5.74) is -1.49. The lowest BCUT2D eigenvalue weighted by atomic mass is 10.2. The van der Waals surface area contributed by atoms with Crippen LogP contribution in [0.25, 0.3) is 13.2 Å². The molecule has 0 bridgehead atoms. The Bertz CT molecular complexity index is 1010. The maximum atomic E-state index is 12.2. The van der Waals surface area contributed by atoms with Crippen molar-refractivity contribution >= 4 is 34.8 Å². The predicted molar refractivity (Wildman–Crippen MR) is 87.0 cm³/mol. The zero-order valence-electron chi connectivity index (χ0n) is 12.0. The minimum atomic E-state index is -3.98. The smallest absolute Gasteiger partial charge is 0.338 e. The summed E-state index contributed by atoms with van der Waals surface area (Å²) in [6.45, 7) is 6.98. The highest BCUT2D eigenvalue weighted by atomic mass is 32.2. The molecule has 0 amide bonds. The molecule has 120 valence electrons. The standard InChI is InChI=1S/C15H14N2O5S/c1-9-10(2)16-14(18)13(12(9)15(19)20)17-23(21,22)8-11-6-4-3-5-7-11/h3-7,17H,1-2,8H2,(H,16,18)(H,19,20). The Balaban J connectivity index is 2.50. The average Bonchev–Trinajstić information content (AvgIpc) is 2.44. The van der Waals surface area contributed by atoms with E-state index in [1.54, 1.807) is 30.3 Å². The van der Waals surface area contributed by atoms with E-state index in [0.717, 1.165) is 0 Å². The summed E-state index contributed by atoms with van der Waals surface area (Å²) in [6.07, 6.45) is 0. The Labute approximate surface area is 131 Å². The topological polar surface area (TPSA) is 116 Å². The number of rotatable bonds is 5. The Morgan fingerprint density at radius 3 is 2.39 bits per heavy atom. The number of carboxylic acid groups (broad SMARTS) is 1. The molecule has 1 heterocycles. The molecule has 0 atom stereocenters. The molecule has 0 aliphatic rings. The molecule has 23 heavy (non-hydrogen) atoms. The lowest BCUT2D eigenvalue weighted by Gasteiger charge is -2.10. The molecular weight excluding hydrogens is 320 g/mol. The third kappa shape index (κ3) is 3.67. The largest absolute Gasteiger partial charge is 0.478 e. The van der Waals surface area contributed by atoms with Gasteiger partial charge in [-0.05, 0) is 5.56 Å². The van der Waals surface area contributed by atoms with Gasteiger partial charge in [-0.25, -0.2) is 13.2 Å². The molecule has 0 unspecified atom stereocenters. The lowest BCUT2D eigenvalue weighted by molar-refractivity contribution is 0.0696. The molecule has 0 saturated carbocycles. The molecule has 0 radical (unpaired) electrons. The summed E-state index contributed by atoms with van der Waals surface area (Å²) in [7, 11) is -3.98. The van der Waals surface area contributed by atoms with Gasteiger partial charge in [0.05, 0.1) is 11.3 Å². The van der Waals surface area contributed by atoms with Crippen LogP contribution in [0.1, 0.15) is 15.9 Å². The summed E-state index contributed by atoms with van der Waals surface area (Å²) in [4.78, 5) is 25.5. The first-order valence-electron chi connectivity index (χ1n) is 6.43. The molecule has 1 aromatic carbocycles. The van der Waals surface area contributed by atoms with Gasteiger partial charge in [-0.1, -0.05) is 43.5 Å². The molecule has 0 spiro atoms. The number of carbonyl (C=O) groups is 1. The van der Waals surface area contributed by atoms with Crippen molar-refractivity contribution in [2.45, 2.75) is 5.75 Å². The van der Waals surface area contributed by atoms with Crippen LogP contribution in [0.4, 0.5) is 5.69 Å². The fourth-order valence-electron chi connectivity index (χ4n) is 2.01. The van der Waals surface area contributed by atoms with Crippen molar-refractivity contribution < 1.29 is 18.3 Å². The summed E-state index contributed by atoms with van der Waals surface area (Å²) in [6, 6.07) is 8.29. The van der Waals surface area contributed by atoms with Gasteiger partial charge >= 0.3 is 5.97 Å². The van der Waals surface area contributed by atoms with Crippen molar-refractivity contribution in [2.24, 2.45) is 0 Å². The fourth-order valence-corrected chi connectivity index (χ4v) is 3.22. The lowest BCUT2D eigenvalue weighted by Crippen LogP contribution is -2.40. The van der Waals surface area contributed by atoms with Crippen LogP contribution in [0.5, 0.6) is 0 Å². The molecule has 0 aliphatic carbocycles. The van der Waals surface area contributed by atoms with E-state index in [-0.39, 0.29) is 10.6 Å². The van der Waals surface area contributed by atoms with Gasteiger partial charge in [-0.2, -0.15) is 0 Å². The average molecular weight is 334 g/mol. The molecule has 1 aromatic heterocycles. The first-order valence-corrected chi connectivity index (χ1v) is 8.08. The third-order valence-corrected chi connectivity index (χ3v) is 4.31. The molecule has 0 saturated heterocycles. The Hall–Kier alpha value is -2.87. The second-order valence-electron chi connectivity index (χ2n) is 4.81. The van der Waals surface area contributed by atoms with E-state index < -0.39 is 38.6 Å². The summed E-state index contributed by atoms with van der Waals surface area (Å²) < 4.78 is 26.4. The van der Waals surface area contributed by atoms with E-state index in [0.29, 0.717) is 5.56 Å². The number of aromatic nitrogens is 1. The predicted octanol–water partition coefficient (Wildman–Crippen LogP) is -0.164. The van der Waals surface area contributed by atoms with Crippen LogP contribution in [-0.2, 0) is 15.8 Å². The first kappa shape index (κ1) is 16.5. The number of aromatic amines is 1. The first-order chi connectivity index (χ1) is 10.7. The summed E-state index contributed by atoms with van der Waals surface area (Å²) in [5, 5.41) is 9.18. The van der Waals surface area contributed by atoms with E-state index >= 15 is 0 Å². The minimum Gasteiger partial charge on any atom is -0.478 e. The van der Waals surface area contributed by atoms with Crippen molar-refractivity contribution in [2.75, 3.05) is 4.72 Å². The van der Waals surface area contributed by atoms with Gasteiger partial charge in [-0.3, -0.25) is 9.52 Å². The number of hydrogen-bond acceptors (Lipinski definition) is 4. The number of nitrogens with one attached hydrogen (secondary N) is 2. The zero-order valence-corrected chi connectivity index (χ0v) is 12.8. The third-order valence-electron chi connectivity index (χ3n) is 3.08. The normalized spacial score (nSPS) is 11.1. The Kier molecular flexibility index (Phi) is 4.37. The molecule has 0 aliphatic heterocycles. The highest BCUT2D eigenvalue weighted by Crippen LogP contribution is 2.11. The van der Waals surface area contributed by atoms with Gasteiger partial charge in [0.25, 0.3) is 5.56 Å². The Morgan fingerprint density at radius 2 is 1.83 bits per heavy atom. The van der Waals surface area contributed by atoms with Gasteiger partial charge in [0.1, 0.15) is 5.69 Å². The highest BCUT2D eigenvalue weighted by Gasteiger charge is 2.21. The van der Waals surface area contributed by atoms with Gasteiger partial charge in [0, 0.05) is 10.6 Å². The van der Waals surface area contributed by atoms with E-state index in [1.165, 1.54) is 0 Å². The van der Waals surface area contributed by atoms with Crippen molar-refractivity contribution in [3.8, 4) is 0 Å². The van der Waals surface area contributed by atoms with Crippen molar-refractivity contribution in [1.29, 1.82) is 0 Å². The van der Waals surface area contributed by atoms with E-state index in [2.05, 4.69) is 18.1 Å². The number of aromatic carboxylic acids is 1. The second kappa shape index (κ2) is 6.09. The summed E-state index contributed by atoms with van der Waals surface area (Å²) >= 11 is 0. The number of carboxylic acids is 1. The molecule has 3 N–H and O–H groups in total. The quantitative estimate of drug-likeness (QED) is 0.702. The van der Waals surface area contributed by atoms with Crippen LogP contribution < -0.4 is 20.8 Å². The second-order valence-corrected chi connectivity index (χ2v) is 6.54. The van der Waals surface area contributed by atoms with E-state index in [9.17, 15) is 23.1 Å². The van der Waals surface area contributed by atoms with Crippen LogP contribution >= 0.6 is 0 Å². The van der Waals surface area contributed by atoms with Crippen molar-refractivity contribution in [3.05, 3.63) is 62.4 Å². The molecule has 8 heteroatoms. The molecule has 2 rings (SSSR count). The number of pyridine rings is 1.